The third-order valence-electron chi connectivity index (χ3n) is 5.70. The molecule has 2 atom stereocenters. The number of nitrogens with zero attached hydrogens (tertiary/aromatic N) is 2. The van der Waals surface area contributed by atoms with E-state index in [0.717, 1.165) is 31.8 Å². The number of methoxy groups -OCH3 is 1. The summed E-state index contributed by atoms with van der Waals surface area (Å²) in [4.78, 5) is 7.10. The van der Waals surface area contributed by atoms with Crippen LogP contribution in [0.25, 0.3) is 0 Å². The molecule has 3 N–H and O–H groups in total. The average molecular weight is 345 g/mol. The van der Waals surface area contributed by atoms with Gasteiger partial charge in [0, 0.05) is 18.5 Å². The van der Waals surface area contributed by atoms with E-state index >= 15 is 0 Å². The number of guanidine groups is 1. The molecule has 0 bridgehead atoms. The van der Waals surface area contributed by atoms with E-state index < -0.39 is 0 Å². The number of hydrogen-bond acceptors (Lipinski definition) is 3. The first-order valence-electron chi connectivity index (χ1n) is 9.66. The Labute approximate surface area is 151 Å². The molecular weight excluding hydrogens is 312 g/mol. The lowest BCUT2D eigenvalue weighted by molar-refractivity contribution is 0.273. The Morgan fingerprint density at radius 1 is 1.36 bits per heavy atom. The van der Waals surface area contributed by atoms with Crippen molar-refractivity contribution >= 4 is 5.96 Å². The molecule has 1 aromatic rings. The summed E-state index contributed by atoms with van der Waals surface area (Å²) in [6, 6.07) is 7.02. The van der Waals surface area contributed by atoms with Gasteiger partial charge in [0.05, 0.1) is 13.7 Å². The van der Waals surface area contributed by atoms with Crippen LogP contribution in [0.2, 0.25) is 0 Å². The smallest absolute Gasteiger partial charge is 0.188 e. The lowest BCUT2D eigenvalue weighted by atomic mass is 9.82. The number of likely N-dealkylation sites (tertiary alicyclic amines) is 1. The Kier molecular flexibility index (Phi) is 6.19. The number of hydrogen-bond donors (Lipinski definition) is 2. The molecule has 1 aliphatic carbocycles. The standard InChI is InChI=1S/C20H32N4O/c1-3-24-11-5-8-17(24)14-23-20(21)22-13-16-7-4-6-15-12-18(25-2)9-10-19(15)16/h9-10,12,16-17H,3-8,11,13-14H2,1-2H3,(H3,21,22,23). The highest BCUT2D eigenvalue weighted by molar-refractivity contribution is 5.77. The van der Waals surface area contributed by atoms with E-state index in [1.165, 1.54) is 43.4 Å². The van der Waals surface area contributed by atoms with Gasteiger partial charge in [-0.05, 0) is 68.5 Å². The molecule has 1 aliphatic heterocycles. The van der Waals surface area contributed by atoms with Gasteiger partial charge in [0.1, 0.15) is 5.75 Å². The van der Waals surface area contributed by atoms with E-state index in [4.69, 9.17) is 10.5 Å². The van der Waals surface area contributed by atoms with Crippen molar-refractivity contribution in [2.24, 2.45) is 10.7 Å². The van der Waals surface area contributed by atoms with Crippen LogP contribution < -0.4 is 15.8 Å². The minimum absolute atomic E-state index is 0.502. The summed E-state index contributed by atoms with van der Waals surface area (Å²) in [7, 11) is 1.73. The average Bonchev–Trinajstić information content (AvgIpc) is 3.11. The number of rotatable bonds is 6. The molecule has 0 spiro atoms. The number of aliphatic imine (C=N–C) groups is 1. The Hall–Kier alpha value is -1.75. The highest BCUT2D eigenvalue weighted by Crippen LogP contribution is 2.33. The fourth-order valence-corrected chi connectivity index (χ4v) is 4.24. The Morgan fingerprint density at radius 3 is 3.04 bits per heavy atom. The van der Waals surface area contributed by atoms with E-state index in [1.54, 1.807) is 7.11 Å². The van der Waals surface area contributed by atoms with Crippen LogP contribution in [0.3, 0.4) is 0 Å². The molecule has 2 unspecified atom stereocenters. The third-order valence-corrected chi connectivity index (χ3v) is 5.70. The molecule has 0 radical (unpaired) electrons. The van der Waals surface area contributed by atoms with Crippen LogP contribution in [-0.2, 0) is 6.42 Å². The molecule has 3 rings (SSSR count). The second kappa shape index (κ2) is 8.56. The molecular formula is C20H32N4O. The highest BCUT2D eigenvalue weighted by atomic mass is 16.5. The second-order valence-corrected chi connectivity index (χ2v) is 7.19. The Morgan fingerprint density at radius 2 is 2.24 bits per heavy atom. The number of fused-ring (bicyclic) bond motifs is 1. The molecule has 0 saturated carbocycles. The highest BCUT2D eigenvalue weighted by Gasteiger charge is 2.23. The van der Waals surface area contributed by atoms with Gasteiger partial charge in [-0.25, -0.2) is 0 Å². The van der Waals surface area contributed by atoms with Crippen molar-refractivity contribution in [2.45, 2.75) is 51.0 Å². The maximum atomic E-state index is 6.12. The first-order valence-corrected chi connectivity index (χ1v) is 9.66. The molecule has 25 heavy (non-hydrogen) atoms. The molecule has 1 aromatic carbocycles. The molecule has 0 amide bonds. The largest absolute Gasteiger partial charge is 0.497 e. The quantitative estimate of drug-likeness (QED) is 0.615. The summed E-state index contributed by atoms with van der Waals surface area (Å²) in [5, 5.41) is 3.36. The number of ether oxygens (including phenoxy) is 1. The second-order valence-electron chi connectivity index (χ2n) is 7.19. The molecule has 138 valence electrons. The topological polar surface area (TPSA) is 62.9 Å². The van der Waals surface area contributed by atoms with Crippen molar-refractivity contribution in [1.82, 2.24) is 10.2 Å². The number of benzene rings is 1. The maximum absolute atomic E-state index is 6.12. The monoisotopic (exact) mass is 344 g/mol. The van der Waals surface area contributed by atoms with Crippen LogP contribution in [0.1, 0.15) is 49.7 Å². The number of aryl methyl sites for hydroxylation is 1. The summed E-state index contributed by atoms with van der Waals surface area (Å²) in [5.41, 5.74) is 8.97. The minimum Gasteiger partial charge on any atom is -0.497 e. The van der Waals surface area contributed by atoms with Crippen molar-refractivity contribution in [3.8, 4) is 5.75 Å². The van der Waals surface area contributed by atoms with Crippen LogP contribution in [0.4, 0.5) is 0 Å². The minimum atomic E-state index is 0.502. The van der Waals surface area contributed by atoms with Gasteiger partial charge in [0.15, 0.2) is 5.96 Å². The molecule has 1 fully saturated rings. The van der Waals surface area contributed by atoms with Crippen molar-refractivity contribution in [3.63, 3.8) is 0 Å². The number of nitrogens with two attached hydrogens (primary N) is 1. The van der Waals surface area contributed by atoms with Crippen molar-refractivity contribution in [1.29, 1.82) is 0 Å². The van der Waals surface area contributed by atoms with E-state index in [-0.39, 0.29) is 0 Å². The fraction of sp³-hybridized carbons (Fsp3) is 0.650. The van der Waals surface area contributed by atoms with Crippen molar-refractivity contribution in [3.05, 3.63) is 29.3 Å². The van der Waals surface area contributed by atoms with Gasteiger partial charge in [-0.1, -0.05) is 13.0 Å². The first-order chi connectivity index (χ1) is 12.2. The fourth-order valence-electron chi connectivity index (χ4n) is 4.24. The van der Waals surface area contributed by atoms with Gasteiger partial charge < -0.3 is 15.8 Å². The zero-order chi connectivity index (χ0) is 17.6. The van der Waals surface area contributed by atoms with Crippen LogP contribution in [-0.4, -0.2) is 50.2 Å². The van der Waals surface area contributed by atoms with Crippen LogP contribution in [0.5, 0.6) is 5.75 Å². The zero-order valence-corrected chi connectivity index (χ0v) is 15.6. The molecule has 5 nitrogen and oxygen atoms in total. The van der Waals surface area contributed by atoms with Gasteiger partial charge in [0.2, 0.25) is 0 Å². The normalized spacial score (nSPS) is 24.2. The van der Waals surface area contributed by atoms with E-state index in [2.05, 4.69) is 40.3 Å². The van der Waals surface area contributed by atoms with Gasteiger partial charge in [-0.15, -0.1) is 0 Å². The summed E-state index contributed by atoms with van der Waals surface area (Å²) in [5.74, 6) is 2.04. The summed E-state index contributed by atoms with van der Waals surface area (Å²) >= 11 is 0. The zero-order valence-electron chi connectivity index (χ0n) is 15.6. The Balaban J connectivity index is 1.54. The van der Waals surface area contributed by atoms with Crippen molar-refractivity contribution in [2.75, 3.05) is 33.3 Å². The van der Waals surface area contributed by atoms with Crippen molar-refractivity contribution < 1.29 is 4.74 Å². The molecule has 5 heteroatoms. The summed E-state index contributed by atoms with van der Waals surface area (Å²) in [6.07, 6.45) is 6.08. The van der Waals surface area contributed by atoms with Crippen LogP contribution in [0.15, 0.2) is 23.2 Å². The van der Waals surface area contributed by atoms with E-state index in [0.29, 0.717) is 17.9 Å². The van der Waals surface area contributed by atoms with Gasteiger partial charge in [-0.2, -0.15) is 0 Å². The number of nitrogens with one attached hydrogen (secondary N) is 1. The molecule has 1 saturated heterocycles. The van der Waals surface area contributed by atoms with Gasteiger partial charge >= 0.3 is 0 Å². The first kappa shape index (κ1) is 18.1. The molecule has 1 heterocycles. The lowest BCUT2D eigenvalue weighted by Crippen LogP contribution is -2.37. The predicted octanol–water partition coefficient (Wildman–Crippen LogP) is 2.50. The maximum Gasteiger partial charge on any atom is 0.188 e. The number of likely N-dealkylation sites (N-methyl/N-ethyl adjacent to an activating group) is 1. The SMILES string of the molecule is CCN1CCCC1CN=C(N)NCC1CCCc2cc(OC)ccc21. The third kappa shape index (κ3) is 4.46. The van der Waals surface area contributed by atoms with Gasteiger partial charge in [-0.3, -0.25) is 9.89 Å². The molecule has 0 aromatic heterocycles. The Bertz CT molecular complexity index is 601. The van der Waals surface area contributed by atoms with Crippen LogP contribution >= 0.6 is 0 Å². The molecule has 2 aliphatic rings. The van der Waals surface area contributed by atoms with Crippen LogP contribution in [0, 0.1) is 0 Å². The lowest BCUT2D eigenvalue weighted by Gasteiger charge is -2.26. The van der Waals surface area contributed by atoms with E-state index in [9.17, 15) is 0 Å². The predicted molar refractivity (Wildman–Crippen MR) is 103 cm³/mol. The summed E-state index contributed by atoms with van der Waals surface area (Å²) < 4.78 is 5.35. The van der Waals surface area contributed by atoms with Gasteiger partial charge in [0.25, 0.3) is 0 Å². The summed E-state index contributed by atoms with van der Waals surface area (Å²) in [6.45, 7) is 6.20. The van der Waals surface area contributed by atoms with E-state index in [1.807, 2.05) is 0 Å².